The molecule has 0 radical (unpaired) electrons. The molecule has 0 fully saturated rings. The van der Waals surface area contributed by atoms with Gasteiger partial charge >= 0.3 is 0 Å². The Morgan fingerprint density at radius 1 is 1.00 bits per heavy atom. The van der Waals surface area contributed by atoms with E-state index in [1.165, 1.54) is 17.7 Å². The maximum Gasteiger partial charge on any atom is 0.238 e. The second kappa shape index (κ2) is 8.65. The molecular weight excluding hydrogens is 396 g/mol. The number of ether oxygens (including phenoxy) is 1. The van der Waals surface area contributed by atoms with E-state index in [0.717, 1.165) is 22.6 Å². The maximum atomic E-state index is 11.3. The number of primary sulfonamides is 1. The highest BCUT2D eigenvalue weighted by molar-refractivity contribution is 7.89. The average molecular weight is 417 g/mol. The Labute approximate surface area is 170 Å². The third kappa shape index (κ3) is 5.48. The van der Waals surface area contributed by atoms with Crippen molar-refractivity contribution in [3.63, 3.8) is 0 Å². The molecule has 3 rings (SSSR count). The number of hydrogen-bond acceptors (Lipinski definition) is 4. The minimum atomic E-state index is -3.70. The second-order valence-corrected chi connectivity index (χ2v) is 8.45. The van der Waals surface area contributed by atoms with Gasteiger partial charge in [0, 0.05) is 22.8 Å². The lowest BCUT2D eigenvalue weighted by Crippen LogP contribution is -2.12. The van der Waals surface area contributed by atoms with Crippen LogP contribution in [0.25, 0.3) is 0 Å². The lowest BCUT2D eigenvalue weighted by Gasteiger charge is -2.14. The van der Waals surface area contributed by atoms with E-state index in [1.807, 2.05) is 43.3 Å². The van der Waals surface area contributed by atoms with Crippen molar-refractivity contribution in [1.82, 2.24) is 0 Å². The van der Waals surface area contributed by atoms with Crippen LogP contribution in [0.4, 0.5) is 5.69 Å². The third-order valence-electron chi connectivity index (χ3n) is 4.20. The number of rotatable bonds is 7. The number of nitrogens with one attached hydrogen (secondary N) is 1. The number of sulfonamides is 1. The molecule has 146 valence electrons. The van der Waals surface area contributed by atoms with Crippen LogP contribution in [0.2, 0.25) is 5.02 Å². The summed E-state index contributed by atoms with van der Waals surface area (Å²) in [4.78, 5) is 0.0722. The topological polar surface area (TPSA) is 81.4 Å². The fraction of sp³-hybridized carbons (Fsp3) is 0.143. The molecule has 0 aromatic heterocycles. The predicted octanol–water partition coefficient (Wildman–Crippen LogP) is 4.49. The highest BCUT2D eigenvalue weighted by atomic mass is 35.5. The van der Waals surface area contributed by atoms with Gasteiger partial charge in [-0.2, -0.15) is 0 Å². The summed E-state index contributed by atoms with van der Waals surface area (Å²) in [5.74, 6) is 0.735. The molecule has 0 amide bonds. The fourth-order valence-electron chi connectivity index (χ4n) is 2.63. The first-order valence-electron chi connectivity index (χ1n) is 8.65. The average Bonchev–Trinajstić information content (AvgIpc) is 2.66. The lowest BCUT2D eigenvalue weighted by molar-refractivity contribution is 0.303. The monoisotopic (exact) mass is 416 g/mol. The van der Waals surface area contributed by atoms with Crippen LogP contribution in [0.1, 0.15) is 16.7 Å². The minimum Gasteiger partial charge on any atom is -0.489 e. The van der Waals surface area contributed by atoms with Crippen molar-refractivity contribution in [2.45, 2.75) is 25.0 Å². The third-order valence-corrected chi connectivity index (χ3v) is 5.37. The summed E-state index contributed by atoms with van der Waals surface area (Å²) >= 11 is 6.14. The summed E-state index contributed by atoms with van der Waals surface area (Å²) in [6.45, 7) is 2.97. The van der Waals surface area contributed by atoms with Gasteiger partial charge < -0.3 is 10.1 Å². The van der Waals surface area contributed by atoms with Gasteiger partial charge in [-0.25, -0.2) is 13.6 Å². The van der Waals surface area contributed by atoms with E-state index >= 15 is 0 Å². The zero-order valence-corrected chi connectivity index (χ0v) is 16.9. The quantitative estimate of drug-likeness (QED) is 0.594. The van der Waals surface area contributed by atoms with Crippen LogP contribution in [0.3, 0.4) is 0 Å². The van der Waals surface area contributed by atoms with Gasteiger partial charge in [-0.05, 0) is 55.0 Å². The summed E-state index contributed by atoms with van der Waals surface area (Å²) in [5.41, 5.74) is 3.94. The van der Waals surface area contributed by atoms with Crippen molar-refractivity contribution >= 4 is 27.3 Å². The van der Waals surface area contributed by atoms with Crippen molar-refractivity contribution in [3.8, 4) is 5.75 Å². The molecule has 3 N–H and O–H groups in total. The maximum absolute atomic E-state index is 11.3. The van der Waals surface area contributed by atoms with E-state index in [-0.39, 0.29) is 4.90 Å². The van der Waals surface area contributed by atoms with Crippen LogP contribution in [-0.4, -0.2) is 8.42 Å². The first-order valence-corrected chi connectivity index (χ1v) is 10.6. The SMILES string of the molecule is Cc1ccc(COc2ccc(Cl)cc2CNc2ccc(S(N)(=O)=O)cc2)cc1. The van der Waals surface area contributed by atoms with Crippen molar-refractivity contribution in [1.29, 1.82) is 0 Å². The Morgan fingerprint density at radius 3 is 2.32 bits per heavy atom. The molecule has 0 aliphatic heterocycles. The van der Waals surface area contributed by atoms with Crippen LogP contribution in [0.15, 0.2) is 71.6 Å². The summed E-state index contributed by atoms with van der Waals surface area (Å²) in [5, 5.41) is 8.97. The van der Waals surface area contributed by atoms with E-state index in [4.69, 9.17) is 21.5 Å². The summed E-state index contributed by atoms with van der Waals surface area (Å²) < 4.78 is 28.7. The molecule has 3 aromatic carbocycles. The molecule has 28 heavy (non-hydrogen) atoms. The normalized spacial score (nSPS) is 11.2. The highest BCUT2D eigenvalue weighted by Crippen LogP contribution is 2.25. The van der Waals surface area contributed by atoms with Gasteiger partial charge in [-0.15, -0.1) is 0 Å². The van der Waals surface area contributed by atoms with E-state index in [2.05, 4.69) is 5.32 Å². The summed E-state index contributed by atoms with van der Waals surface area (Å²) in [6, 6.07) is 19.9. The van der Waals surface area contributed by atoms with Gasteiger partial charge in [0.05, 0.1) is 4.90 Å². The molecule has 3 aromatic rings. The van der Waals surface area contributed by atoms with Crippen LogP contribution < -0.4 is 15.2 Å². The van der Waals surface area contributed by atoms with Gasteiger partial charge in [0.2, 0.25) is 10.0 Å². The van der Waals surface area contributed by atoms with E-state index in [9.17, 15) is 8.42 Å². The second-order valence-electron chi connectivity index (χ2n) is 6.45. The number of nitrogens with two attached hydrogens (primary N) is 1. The van der Waals surface area contributed by atoms with Crippen LogP contribution in [0.5, 0.6) is 5.75 Å². The first kappa shape index (κ1) is 20.2. The van der Waals surface area contributed by atoms with Gasteiger partial charge in [-0.1, -0.05) is 41.4 Å². The van der Waals surface area contributed by atoms with Crippen molar-refractivity contribution in [2.75, 3.05) is 5.32 Å². The van der Waals surface area contributed by atoms with E-state index in [0.29, 0.717) is 18.2 Å². The van der Waals surface area contributed by atoms with Crippen LogP contribution in [-0.2, 0) is 23.2 Å². The van der Waals surface area contributed by atoms with Gasteiger partial charge in [0.1, 0.15) is 12.4 Å². The molecule has 0 aliphatic rings. The predicted molar refractivity (Wildman–Crippen MR) is 112 cm³/mol. The Hall–Kier alpha value is -2.54. The van der Waals surface area contributed by atoms with Gasteiger partial charge in [0.15, 0.2) is 0 Å². The summed E-state index contributed by atoms with van der Waals surface area (Å²) in [6.07, 6.45) is 0. The molecule has 0 saturated heterocycles. The van der Waals surface area contributed by atoms with Crippen LogP contribution in [0, 0.1) is 6.92 Å². The first-order chi connectivity index (χ1) is 13.3. The zero-order chi connectivity index (χ0) is 20.1. The Morgan fingerprint density at radius 2 is 1.68 bits per heavy atom. The molecule has 0 spiro atoms. The number of hydrogen-bond donors (Lipinski definition) is 2. The van der Waals surface area contributed by atoms with E-state index < -0.39 is 10.0 Å². The molecule has 0 saturated carbocycles. The molecule has 0 bridgehead atoms. The smallest absolute Gasteiger partial charge is 0.238 e. The molecule has 7 heteroatoms. The molecule has 0 heterocycles. The molecule has 0 atom stereocenters. The molecular formula is C21H21ClN2O3S. The van der Waals surface area contributed by atoms with E-state index in [1.54, 1.807) is 18.2 Å². The van der Waals surface area contributed by atoms with Crippen LogP contribution >= 0.6 is 11.6 Å². The number of aryl methyl sites for hydroxylation is 1. The Kier molecular flexibility index (Phi) is 6.24. The number of anilines is 1. The zero-order valence-electron chi connectivity index (χ0n) is 15.4. The highest BCUT2D eigenvalue weighted by Gasteiger charge is 2.08. The molecule has 5 nitrogen and oxygen atoms in total. The summed E-state index contributed by atoms with van der Waals surface area (Å²) in [7, 11) is -3.70. The lowest BCUT2D eigenvalue weighted by atomic mass is 10.1. The largest absolute Gasteiger partial charge is 0.489 e. The van der Waals surface area contributed by atoms with Gasteiger partial charge in [0.25, 0.3) is 0 Å². The minimum absolute atomic E-state index is 0.0722. The Bertz CT molecular complexity index is 1050. The molecule has 0 unspecified atom stereocenters. The molecule has 0 aliphatic carbocycles. The fourth-order valence-corrected chi connectivity index (χ4v) is 3.34. The number of benzene rings is 3. The van der Waals surface area contributed by atoms with Gasteiger partial charge in [-0.3, -0.25) is 0 Å². The number of halogens is 1. The van der Waals surface area contributed by atoms with Crippen molar-refractivity contribution < 1.29 is 13.2 Å². The van der Waals surface area contributed by atoms with Crippen molar-refractivity contribution in [3.05, 3.63) is 88.4 Å². The standard InChI is InChI=1S/C21H21ClN2O3S/c1-15-2-4-16(5-3-15)14-27-21-11-6-18(22)12-17(21)13-24-19-7-9-20(10-8-19)28(23,25)26/h2-12,24H,13-14H2,1H3,(H2,23,25,26). The van der Waals surface area contributed by atoms with Crippen molar-refractivity contribution in [2.24, 2.45) is 5.14 Å². The Balaban J connectivity index is 1.69.